The highest BCUT2D eigenvalue weighted by molar-refractivity contribution is 7.90. The van der Waals surface area contributed by atoms with E-state index in [-0.39, 0.29) is 22.9 Å². The molecule has 2 aromatic carbocycles. The van der Waals surface area contributed by atoms with Crippen LogP contribution in [-0.4, -0.2) is 48.8 Å². The Morgan fingerprint density at radius 3 is 2.41 bits per heavy atom. The second-order valence-corrected chi connectivity index (χ2v) is 11.9. The molecule has 9 heteroatoms. The first kappa shape index (κ1) is 26.6. The summed E-state index contributed by atoms with van der Waals surface area (Å²) < 4.78 is 29.7. The van der Waals surface area contributed by atoms with Gasteiger partial charge < -0.3 is 9.47 Å². The van der Waals surface area contributed by atoms with E-state index in [0.29, 0.717) is 5.92 Å². The number of nitrogens with one attached hydrogen (secondary N) is 1. The van der Waals surface area contributed by atoms with Crippen molar-refractivity contribution < 1.29 is 18.0 Å². The van der Waals surface area contributed by atoms with Gasteiger partial charge in [0.2, 0.25) is 5.91 Å². The van der Waals surface area contributed by atoms with E-state index in [1.165, 1.54) is 36.5 Å². The largest absolute Gasteiger partial charge is 0.347 e. The predicted octanol–water partition coefficient (Wildman–Crippen LogP) is 4.96. The molecular formula is C30H32N4O4S. The maximum atomic E-state index is 13.2. The molecule has 2 heterocycles. The Morgan fingerprint density at radius 1 is 1.00 bits per heavy atom. The third-order valence-corrected chi connectivity index (χ3v) is 8.71. The molecule has 39 heavy (non-hydrogen) atoms. The number of amides is 2. The molecule has 1 fully saturated rings. The summed E-state index contributed by atoms with van der Waals surface area (Å²) in [5.41, 5.74) is 4.11. The Morgan fingerprint density at radius 2 is 1.74 bits per heavy atom. The van der Waals surface area contributed by atoms with Crippen LogP contribution in [0.3, 0.4) is 0 Å². The Labute approximate surface area is 228 Å². The Bertz CT molecular complexity index is 1610. The van der Waals surface area contributed by atoms with Crippen LogP contribution < -0.4 is 4.72 Å². The summed E-state index contributed by atoms with van der Waals surface area (Å²) in [6.45, 7) is 0.0967. The molecule has 202 valence electrons. The van der Waals surface area contributed by atoms with Gasteiger partial charge in [-0.3, -0.25) is 14.6 Å². The van der Waals surface area contributed by atoms with Crippen LogP contribution in [-0.2, 0) is 21.4 Å². The number of hydrogen-bond donors (Lipinski definition) is 1. The highest BCUT2D eigenvalue weighted by atomic mass is 32.2. The molecule has 0 aliphatic heterocycles. The predicted molar refractivity (Wildman–Crippen MR) is 151 cm³/mol. The van der Waals surface area contributed by atoms with E-state index in [9.17, 15) is 18.0 Å². The maximum Gasteiger partial charge on any atom is 0.265 e. The average molecular weight is 545 g/mol. The van der Waals surface area contributed by atoms with Crippen molar-refractivity contribution in [2.75, 3.05) is 14.1 Å². The molecule has 2 amide bonds. The first-order valence-electron chi connectivity index (χ1n) is 13.1. The highest BCUT2D eigenvalue weighted by Crippen LogP contribution is 2.44. The van der Waals surface area contributed by atoms with E-state index in [1.54, 1.807) is 31.1 Å². The van der Waals surface area contributed by atoms with Gasteiger partial charge in [-0.2, -0.15) is 0 Å². The summed E-state index contributed by atoms with van der Waals surface area (Å²) in [6, 6.07) is 18.2. The lowest BCUT2D eigenvalue weighted by Gasteiger charge is -2.24. The molecule has 0 saturated heterocycles. The first-order chi connectivity index (χ1) is 18.8. The van der Waals surface area contributed by atoms with Gasteiger partial charge in [0.25, 0.3) is 15.9 Å². The molecule has 0 unspecified atom stereocenters. The minimum Gasteiger partial charge on any atom is -0.347 e. The van der Waals surface area contributed by atoms with Crippen molar-refractivity contribution in [3.8, 4) is 11.3 Å². The molecule has 2 aromatic heterocycles. The van der Waals surface area contributed by atoms with Crippen LogP contribution in [0.1, 0.15) is 53.9 Å². The molecule has 1 N–H and O–H groups in total. The van der Waals surface area contributed by atoms with Gasteiger partial charge in [0.15, 0.2) is 0 Å². The lowest BCUT2D eigenvalue weighted by Crippen LogP contribution is -2.30. The summed E-state index contributed by atoms with van der Waals surface area (Å²) in [5, 5.41) is 0.985. The van der Waals surface area contributed by atoms with Crippen molar-refractivity contribution in [2.45, 2.75) is 49.5 Å². The number of carbonyl (C=O) groups excluding carboxylic acids is 2. The molecule has 1 aliphatic rings. The standard InChI is InChI=1S/C30H32N4O4S/c1-33(2)27(35)20-34-26-18-23(30(36)32-39(37,38)24-14-9-17-31-19-24)15-16-25(26)28(21-10-5-3-6-11-21)29(34)22-12-7-4-8-13-22/h4,7-9,12-19,21H,3,5-6,10-11,20H2,1-2H3,(H,32,36). The number of benzene rings is 2. The van der Waals surface area contributed by atoms with E-state index in [1.807, 2.05) is 41.0 Å². The molecule has 1 saturated carbocycles. The van der Waals surface area contributed by atoms with E-state index >= 15 is 0 Å². The van der Waals surface area contributed by atoms with Crippen LogP contribution in [0.15, 0.2) is 78.0 Å². The van der Waals surface area contributed by atoms with Gasteiger partial charge in [-0.25, -0.2) is 13.1 Å². The van der Waals surface area contributed by atoms with Crippen molar-refractivity contribution in [1.29, 1.82) is 0 Å². The van der Waals surface area contributed by atoms with Crippen LogP contribution in [0.4, 0.5) is 0 Å². The zero-order valence-corrected chi connectivity index (χ0v) is 22.9. The van der Waals surface area contributed by atoms with E-state index in [0.717, 1.165) is 47.8 Å². The molecule has 0 spiro atoms. The molecule has 0 radical (unpaired) electrons. The van der Waals surface area contributed by atoms with Gasteiger partial charge in [-0.05, 0) is 54.2 Å². The van der Waals surface area contributed by atoms with Crippen LogP contribution in [0.2, 0.25) is 0 Å². The van der Waals surface area contributed by atoms with Crippen molar-refractivity contribution >= 4 is 32.7 Å². The fourth-order valence-corrected chi connectivity index (χ4v) is 6.35. The fraction of sp³-hybridized carbons (Fsp3) is 0.300. The van der Waals surface area contributed by atoms with Gasteiger partial charge in [0.1, 0.15) is 11.4 Å². The van der Waals surface area contributed by atoms with Gasteiger partial charge >= 0.3 is 0 Å². The van der Waals surface area contributed by atoms with Crippen molar-refractivity contribution in [2.24, 2.45) is 0 Å². The van der Waals surface area contributed by atoms with E-state index in [2.05, 4.69) is 9.71 Å². The second-order valence-electron chi connectivity index (χ2n) is 10.2. The zero-order chi connectivity index (χ0) is 27.6. The Hall–Kier alpha value is -3.98. The highest BCUT2D eigenvalue weighted by Gasteiger charge is 2.28. The third kappa shape index (κ3) is 5.45. The van der Waals surface area contributed by atoms with Gasteiger partial charge in [0.05, 0.1) is 11.2 Å². The molecule has 8 nitrogen and oxygen atoms in total. The minimum absolute atomic E-state index is 0.0757. The summed E-state index contributed by atoms with van der Waals surface area (Å²) in [7, 11) is -0.649. The number of likely N-dealkylation sites (N-methyl/N-ethyl adjacent to an activating group) is 1. The number of nitrogens with zero attached hydrogens (tertiary/aromatic N) is 3. The molecule has 5 rings (SSSR count). The van der Waals surface area contributed by atoms with E-state index < -0.39 is 15.9 Å². The van der Waals surface area contributed by atoms with Gasteiger partial charge in [-0.1, -0.05) is 55.7 Å². The average Bonchev–Trinajstić information content (AvgIpc) is 3.27. The maximum absolute atomic E-state index is 13.2. The summed E-state index contributed by atoms with van der Waals surface area (Å²) in [6.07, 6.45) is 8.29. The monoisotopic (exact) mass is 544 g/mol. The summed E-state index contributed by atoms with van der Waals surface area (Å²) >= 11 is 0. The third-order valence-electron chi connectivity index (χ3n) is 7.39. The van der Waals surface area contributed by atoms with Crippen LogP contribution in [0.25, 0.3) is 22.2 Å². The SMILES string of the molecule is CN(C)C(=O)Cn1c(-c2ccccc2)c(C2CCCCC2)c2ccc(C(=O)NS(=O)(=O)c3cccnc3)cc21. The molecule has 0 atom stereocenters. The Balaban J connectivity index is 1.67. The normalized spacial score (nSPS) is 14.3. The Kier molecular flexibility index (Phi) is 7.52. The van der Waals surface area contributed by atoms with Crippen molar-refractivity contribution in [3.63, 3.8) is 0 Å². The van der Waals surface area contributed by atoms with Crippen LogP contribution >= 0.6 is 0 Å². The molecule has 1 aliphatic carbocycles. The smallest absolute Gasteiger partial charge is 0.265 e. The van der Waals surface area contributed by atoms with Crippen LogP contribution in [0.5, 0.6) is 0 Å². The zero-order valence-electron chi connectivity index (χ0n) is 22.1. The van der Waals surface area contributed by atoms with Crippen LogP contribution in [0, 0.1) is 0 Å². The number of rotatable bonds is 7. The number of carbonyl (C=O) groups is 2. The second kappa shape index (κ2) is 11.0. The number of sulfonamides is 1. The quantitative estimate of drug-likeness (QED) is 0.355. The number of hydrogen-bond acceptors (Lipinski definition) is 5. The summed E-state index contributed by atoms with van der Waals surface area (Å²) in [4.78, 5) is 31.5. The van der Waals surface area contributed by atoms with E-state index in [4.69, 9.17) is 0 Å². The molecule has 4 aromatic rings. The molecule has 0 bridgehead atoms. The van der Waals surface area contributed by atoms with Crippen molar-refractivity contribution in [1.82, 2.24) is 19.2 Å². The topological polar surface area (TPSA) is 101 Å². The lowest BCUT2D eigenvalue weighted by molar-refractivity contribution is -0.129. The van der Waals surface area contributed by atoms with Crippen molar-refractivity contribution in [3.05, 3.63) is 84.2 Å². The number of aromatic nitrogens is 2. The van der Waals surface area contributed by atoms with Gasteiger partial charge in [-0.15, -0.1) is 0 Å². The fourth-order valence-electron chi connectivity index (χ4n) is 5.42. The lowest BCUT2D eigenvalue weighted by atomic mass is 9.82. The summed E-state index contributed by atoms with van der Waals surface area (Å²) in [5.74, 6) is -0.487. The number of fused-ring (bicyclic) bond motifs is 1. The molecular weight excluding hydrogens is 512 g/mol. The minimum atomic E-state index is -4.09. The first-order valence-corrected chi connectivity index (χ1v) is 14.6. The van der Waals surface area contributed by atoms with Gasteiger partial charge in [0, 0.05) is 37.4 Å². The number of pyridine rings is 1.